The fraction of sp³-hybridized carbons (Fsp3) is 0.429. The van der Waals surface area contributed by atoms with Crippen LogP contribution < -0.4 is 10.6 Å². The van der Waals surface area contributed by atoms with Gasteiger partial charge in [0.05, 0.1) is 12.6 Å². The molecule has 0 bridgehead atoms. The first-order valence-corrected chi connectivity index (χ1v) is 6.30. The molecule has 0 aromatic heterocycles. The van der Waals surface area contributed by atoms with Crippen molar-refractivity contribution in [2.75, 3.05) is 13.7 Å². The predicted octanol–water partition coefficient (Wildman–Crippen LogP) is 1.45. The second kappa shape index (κ2) is 7.49. The zero-order valence-electron chi connectivity index (χ0n) is 11.8. The molecule has 6 nitrogen and oxygen atoms in total. The van der Waals surface area contributed by atoms with Crippen LogP contribution >= 0.6 is 0 Å². The Morgan fingerprint density at radius 1 is 1.30 bits per heavy atom. The standard InChI is InChI=1S/C14H20N2O4/c1-9-6-4-5-7-11(9)10(2)15-14(19)16-12(8-20-3)13(17)18/h4-7,10,12H,8H2,1-3H3,(H,17,18)(H2,15,16,19). The number of nitrogens with one attached hydrogen (secondary N) is 2. The first-order chi connectivity index (χ1) is 9.45. The zero-order chi connectivity index (χ0) is 15.1. The van der Waals surface area contributed by atoms with Gasteiger partial charge in [-0.1, -0.05) is 24.3 Å². The van der Waals surface area contributed by atoms with Crippen molar-refractivity contribution in [1.29, 1.82) is 0 Å². The number of carbonyl (C=O) groups is 2. The van der Waals surface area contributed by atoms with E-state index >= 15 is 0 Å². The molecule has 0 aliphatic heterocycles. The third-order valence-corrected chi connectivity index (χ3v) is 2.94. The van der Waals surface area contributed by atoms with E-state index in [1.54, 1.807) is 0 Å². The number of carboxylic acids is 1. The summed E-state index contributed by atoms with van der Waals surface area (Å²) in [6.45, 7) is 3.71. The van der Waals surface area contributed by atoms with Crippen LogP contribution in [-0.2, 0) is 9.53 Å². The molecular weight excluding hydrogens is 260 g/mol. The summed E-state index contributed by atoms with van der Waals surface area (Å²) in [5.74, 6) is -1.13. The molecule has 1 aromatic rings. The fourth-order valence-electron chi connectivity index (χ4n) is 1.89. The Balaban J connectivity index is 2.62. The smallest absolute Gasteiger partial charge is 0.328 e. The molecule has 6 heteroatoms. The molecule has 2 unspecified atom stereocenters. The molecule has 0 aliphatic rings. The van der Waals surface area contributed by atoms with Crippen molar-refractivity contribution < 1.29 is 19.4 Å². The number of aliphatic carboxylic acids is 1. The summed E-state index contributed by atoms with van der Waals surface area (Å²) >= 11 is 0. The van der Waals surface area contributed by atoms with E-state index in [0.29, 0.717) is 0 Å². The van der Waals surface area contributed by atoms with Crippen molar-refractivity contribution in [1.82, 2.24) is 10.6 Å². The third kappa shape index (κ3) is 4.55. The SMILES string of the molecule is COCC(NC(=O)NC(C)c1ccccc1C)C(=O)O. The lowest BCUT2D eigenvalue weighted by atomic mass is 10.0. The number of methoxy groups -OCH3 is 1. The zero-order valence-corrected chi connectivity index (χ0v) is 11.8. The minimum Gasteiger partial charge on any atom is -0.480 e. The van der Waals surface area contributed by atoms with Crippen molar-refractivity contribution in [3.8, 4) is 0 Å². The molecule has 0 aliphatic carbocycles. The maximum atomic E-state index is 11.8. The first-order valence-electron chi connectivity index (χ1n) is 6.30. The van der Waals surface area contributed by atoms with Gasteiger partial charge in [0.15, 0.2) is 6.04 Å². The van der Waals surface area contributed by atoms with Crippen LogP contribution in [0.25, 0.3) is 0 Å². The second-order valence-corrected chi connectivity index (χ2v) is 4.54. The Hall–Kier alpha value is -2.08. The number of rotatable bonds is 6. The molecule has 0 fully saturated rings. The van der Waals surface area contributed by atoms with Crippen LogP contribution in [0.5, 0.6) is 0 Å². The molecule has 0 saturated carbocycles. The number of hydrogen-bond donors (Lipinski definition) is 3. The molecule has 0 radical (unpaired) electrons. The average Bonchev–Trinajstić information content (AvgIpc) is 2.38. The lowest BCUT2D eigenvalue weighted by Gasteiger charge is -2.19. The Morgan fingerprint density at radius 2 is 1.95 bits per heavy atom. The molecule has 20 heavy (non-hydrogen) atoms. The number of urea groups is 1. The van der Waals surface area contributed by atoms with Crippen molar-refractivity contribution in [3.05, 3.63) is 35.4 Å². The van der Waals surface area contributed by atoms with E-state index in [2.05, 4.69) is 10.6 Å². The van der Waals surface area contributed by atoms with Gasteiger partial charge < -0.3 is 20.5 Å². The molecule has 0 saturated heterocycles. The highest BCUT2D eigenvalue weighted by molar-refractivity contribution is 5.82. The van der Waals surface area contributed by atoms with Crippen molar-refractivity contribution in [2.24, 2.45) is 0 Å². The highest BCUT2D eigenvalue weighted by atomic mass is 16.5. The monoisotopic (exact) mass is 280 g/mol. The highest BCUT2D eigenvalue weighted by Gasteiger charge is 2.20. The molecule has 1 aromatic carbocycles. The molecule has 0 heterocycles. The predicted molar refractivity (Wildman–Crippen MR) is 74.6 cm³/mol. The number of amides is 2. The van der Waals surface area contributed by atoms with Gasteiger partial charge in [0.1, 0.15) is 0 Å². The van der Waals surface area contributed by atoms with E-state index in [1.807, 2.05) is 38.1 Å². The van der Waals surface area contributed by atoms with Gasteiger partial charge in [-0.3, -0.25) is 0 Å². The van der Waals surface area contributed by atoms with E-state index in [4.69, 9.17) is 9.84 Å². The number of carbonyl (C=O) groups excluding carboxylic acids is 1. The average molecular weight is 280 g/mol. The number of ether oxygens (including phenoxy) is 1. The summed E-state index contributed by atoms with van der Waals surface area (Å²) in [4.78, 5) is 22.7. The molecule has 1 rings (SSSR count). The summed E-state index contributed by atoms with van der Waals surface area (Å²) in [6, 6.07) is 5.87. The van der Waals surface area contributed by atoms with Crippen LogP contribution in [0.15, 0.2) is 24.3 Å². The number of hydrogen-bond acceptors (Lipinski definition) is 3. The Labute approximate surface area is 118 Å². The Morgan fingerprint density at radius 3 is 2.50 bits per heavy atom. The van der Waals surface area contributed by atoms with Gasteiger partial charge in [-0.25, -0.2) is 9.59 Å². The minimum absolute atomic E-state index is 0.0818. The van der Waals surface area contributed by atoms with Gasteiger partial charge >= 0.3 is 12.0 Å². The van der Waals surface area contributed by atoms with E-state index in [9.17, 15) is 9.59 Å². The third-order valence-electron chi connectivity index (χ3n) is 2.94. The fourth-order valence-corrected chi connectivity index (χ4v) is 1.89. The van der Waals surface area contributed by atoms with Crippen LogP contribution in [0.1, 0.15) is 24.1 Å². The Kier molecular flexibility index (Phi) is 5.99. The highest BCUT2D eigenvalue weighted by Crippen LogP contribution is 2.16. The molecule has 0 spiro atoms. The topological polar surface area (TPSA) is 87.7 Å². The maximum absolute atomic E-state index is 11.8. The van der Waals surface area contributed by atoms with Crippen LogP contribution in [0, 0.1) is 6.92 Å². The molecule has 110 valence electrons. The lowest BCUT2D eigenvalue weighted by Crippen LogP contribution is -2.48. The van der Waals surface area contributed by atoms with Gasteiger partial charge in [0, 0.05) is 7.11 Å². The van der Waals surface area contributed by atoms with Crippen LogP contribution in [0.3, 0.4) is 0 Å². The second-order valence-electron chi connectivity index (χ2n) is 4.54. The minimum atomic E-state index is -1.13. The van der Waals surface area contributed by atoms with Gasteiger partial charge in [-0.2, -0.15) is 0 Å². The summed E-state index contributed by atoms with van der Waals surface area (Å²) < 4.78 is 4.75. The molecule has 2 amide bonds. The quantitative estimate of drug-likeness (QED) is 0.736. The summed E-state index contributed by atoms with van der Waals surface area (Å²) in [5, 5.41) is 14.0. The number of carboxylic acid groups (broad SMARTS) is 1. The van der Waals surface area contributed by atoms with Crippen molar-refractivity contribution in [3.63, 3.8) is 0 Å². The van der Waals surface area contributed by atoms with Gasteiger partial charge in [0.25, 0.3) is 0 Å². The van der Waals surface area contributed by atoms with Crippen molar-refractivity contribution in [2.45, 2.75) is 25.9 Å². The summed E-state index contributed by atoms with van der Waals surface area (Å²) in [5.41, 5.74) is 2.05. The van der Waals surface area contributed by atoms with Crippen LogP contribution in [0.4, 0.5) is 4.79 Å². The lowest BCUT2D eigenvalue weighted by molar-refractivity contribution is -0.140. The molecule has 3 N–H and O–H groups in total. The van der Waals surface area contributed by atoms with Crippen LogP contribution in [0.2, 0.25) is 0 Å². The molecule has 2 atom stereocenters. The van der Waals surface area contributed by atoms with Gasteiger partial charge in [0.2, 0.25) is 0 Å². The number of benzene rings is 1. The van der Waals surface area contributed by atoms with Gasteiger partial charge in [-0.05, 0) is 25.0 Å². The van der Waals surface area contributed by atoms with Crippen molar-refractivity contribution >= 4 is 12.0 Å². The van der Waals surface area contributed by atoms with Crippen LogP contribution in [-0.4, -0.2) is 36.9 Å². The van der Waals surface area contributed by atoms with E-state index < -0.39 is 18.0 Å². The normalized spacial score (nSPS) is 13.3. The first kappa shape index (κ1) is 16.0. The number of aryl methyl sites for hydroxylation is 1. The summed E-state index contributed by atoms with van der Waals surface area (Å²) in [6.07, 6.45) is 0. The van der Waals surface area contributed by atoms with E-state index in [1.165, 1.54) is 7.11 Å². The van der Waals surface area contributed by atoms with E-state index in [0.717, 1.165) is 11.1 Å². The molecular formula is C14H20N2O4. The van der Waals surface area contributed by atoms with E-state index in [-0.39, 0.29) is 12.6 Å². The maximum Gasteiger partial charge on any atom is 0.328 e. The summed E-state index contributed by atoms with van der Waals surface area (Å²) in [7, 11) is 1.38. The van der Waals surface area contributed by atoms with Gasteiger partial charge in [-0.15, -0.1) is 0 Å². The largest absolute Gasteiger partial charge is 0.480 e. The Bertz CT molecular complexity index is 476.